The van der Waals surface area contributed by atoms with E-state index in [1.54, 1.807) is 29.0 Å². The van der Waals surface area contributed by atoms with Gasteiger partial charge in [-0.1, -0.05) is 6.07 Å². The van der Waals surface area contributed by atoms with Gasteiger partial charge in [-0.25, -0.2) is 4.39 Å². The summed E-state index contributed by atoms with van der Waals surface area (Å²) in [6.45, 7) is 2.28. The lowest BCUT2D eigenvalue weighted by Crippen LogP contribution is -2.20. The first kappa shape index (κ1) is 12.0. The number of nitrogens with zero attached hydrogens (tertiary/aromatic N) is 1. The van der Waals surface area contributed by atoms with E-state index in [1.807, 2.05) is 6.92 Å². The molecule has 0 aliphatic carbocycles. The average Bonchev–Trinajstić information content (AvgIpc) is 2.28. The fraction of sp³-hybridized carbons (Fsp3) is 0.154. The SMILES string of the molecule is Cc1cc(F)ccc1Cn1cccc(Br)c1=O. The number of benzene rings is 1. The van der Waals surface area contributed by atoms with Crippen molar-refractivity contribution in [2.75, 3.05) is 0 Å². The van der Waals surface area contributed by atoms with Crippen molar-refractivity contribution in [3.63, 3.8) is 0 Å². The molecule has 4 heteroatoms. The standard InChI is InChI=1S/C13H11BrFNO/c1-9-7-11(15)5-4-10(9)8-16-6-2-3-12(14)13(16)17/h2-7H,8H2,1H3. The molecule has 2 nitrogen and oxygen atoms in total. The van der Waals surface area contributed by atoms with Gasteiger partial charge in [-0.15, -0.1) is 0 Å². The van der Waals surface area contributed by atoms with E-state index in [0.717, 1.165) is 11.1 Å². The zero-order valence-corrected chi connectivity index (χ0v) is 10.9. The molecule has 0 amide bonds. The summed E-state index contributed by atoms with van der Waals surface area (Å²) < 4.78 is 15.1. The molecule has 0 saturated carbocycles. The molecule has 1 heterocycles. The molecule has 2 rings (SSSR count). The van der Waals surface area contributed by atoms with Gasteiger partial charge in [0.05, 0.1) is 11.0 Å². The zero-order chi connectivity index (χ0) is 12.4. The quantitative estimate of drug-likeness (QED) is 0.834. The van der Waals surface area contributed by atoms with Crippen molar-refractivity contribution < 1.29 is 4.39 Å². The molecule has 0 aliphatic rings. The molecule has 1 aromatic carbocycles. The van der Waals surface area contributed by atoms with Crippen LogP contribution < -0.4 is 5.56 Å². The minimum atomic E-state index is -0.257. The molecule has 0 bridgehead atoms. The van der Waals surface area contributed by atoms with Crippen molar-refractivity contribution in [3.05, 3.63) is 68.3 Å². The van der Waals surface area contributed by atoms with Crippen molar-refractivity contribution in [1.29, 1.82) is 0 Å². The average molecular weight is 296 g/mol. The smallest absolute Gasteiger partial charge is 0.265 e. The fourth-order valence-corrected chi connectivity index (χ4v) is 2.03. The highest BCUT2D eigenvalue weighted by atomic mass is 79.9. The maximum Gasteiger partial charge on any atom is 0.265 e. The van der Waals surface area contributed by atoms with Gasteiger partial charge in [0.15, 0.2) is 0 Å². The molecule has 0 fully saturated rings. The van der Waals surface area contributed by atoms with Crippen LogP contribution >= 0.6 is 15.9 Å². The van der Waals surface area contributed by atoms with Gasteiger partial charge < -0.3 is 4.57 Å². The van der Waals surface area contributed by atoms with Gasteiger partial charge in [-0.2, -0.15) is 0 Å². The Labute approximate surface area is 107 Å². The molecule has 88 valence electrons. The highest BCUT2D eigenvalue weighted by Crippen LogP contribution is 2.11. The number of hydrogen-bond acceptors (Lipinski definition) is 1. The van der Waals surface area contributed by atoms with Gasteiger partial charge in [0, 0.05) is 6.20 Å². The highest BCUT2D eigenvalue weighted by molar-refractivity contribution is 9.10. The number of aromatic nitrogens is 1. The Bertz CT molecular complexity index is 607. The Kier molecular flexibility index (Phi) is 3.43. The third-order valence-electron chi connectivity index (χ3n) is 2.62. The molecular formula is C13H11BrFNO. The lowest BCUT2D eigenvalue weighted by Gasteiger charge is -2.08. The van der Waals surface area contributed by atoms with Crippen LogP contribution in [0, 0.1) is 12.7 Å². The summed E-state index contributed by atoms with van der Waals surface area (Å²) in [4.78, 5) is 11.8. The summed E-state index contributed by atoms with van der Waals surface area (Å²) in [5.74, 6) is -0.257. The van der Waals surface area contributed by atoms with Crippen LogP contribution in [0.2, 0.25) is 0 Å². The Balaban J connectivity index is 2.38. The number of rotatable bonds is 2. The third kappa shape index (κ3) is 2.64. The van der Waals surface area contributed by atoms with Crippen LogP contribution in [0.4, 0.5) is 4.39 Å². The summed E-state index contributed by atoms with van der Waals surface area (Å²) in [7, 11) is 0. The van der Waals surface area contributed by atoms with E-state index in [4.69, 9.17) is 0 Å². The van der Waals surface area contributed by atoms with Gasteiger partial charge in [-0.05, 0) is 58.2 Å². The minimum absolute atomic E-state index is 0.0868. The molecule has 0 radical (unpaired) electrons. The molecule has 0 aliphatic heterocycles. The van der Waals surface area contributed by atoms with Gasteiger partial charge in [-0.3, -0.25) is 4.79 Å². The lowest BCUT2D eigenvalue weighted by atomic mass is 10.1. The van der Waals surface area contributed by atoms with E-state index < -0.39 is 0 Å². The van der Waals surface area contributed by atoms with Gasteiger partial charge >= 0.3 is 0 Å². The van der Waals surface area contributed by atoms with Crippen LogP contribution in [0.25, 0.3) is 0 Å². The van der Waals surface area contributed by atoms with Crippen LogP contribution in [-0.2, 0) is 6.54 Å². The predicted molar refractivity (Wildman–Crippen MR) is 68.6 cm³/mol. The van der Waals surface area contributed by atoms with E-state index in [1.165, 1.54) is 12.1 Å². The number of hydrogen-bond donors (Lipinski definition) is 0. The maximum atomic E-state index is 13.0. The van der Waals surface area contributed by atoms with Gasteiger partial charge in [0.1, 0.15) is 5.82 Å². The fourth-order valence-electron chi connectivity index (χ4n) is 1.65. The number of pyridine rings is 1. The molecule has 17 heavy (non-hydrogen) atoms. The molecule has 0 atom stereocenters. The van der Waals surface area contributed by atoms with E-state index in [-0.39, 0.29) is 11.4 Å². The summed E-state index contributed by atoms with van der Waals surface area (Å²) in [6, 6.07) is 8.09. The van der Waals surface area contributed by atoms with Crippen LogP contribution in [0.3, 0.4) is 0 Å². The van der Waals surface area contributed by atoms with E-state index in [0.29, 0.717) is 11.0 Å². The second-order valence-electron chi connectivity index (χ2n) is 3.86. The zero-order valence-electron chi connectivity index (χ0n) is 9.28. The molecule has 1 aromatic heterocycles. The first-order valence-electron chi connectivity index (χ1n) is 5.18. The first-order chi connectivity index (χ1) is 8.08. The minimum Gasteiger partial charge on any atom is -0.310 e. The Morgan fingerprint density at radius 3 is 2.82 bits per heavy atom. The van der Waals surface area contributed by atoms with E-state index in [9.17, 15) is 9.18 Å². The van der Waals surface area contributed by atoms with Crippen molar-refractivity contribution in [2.24, 2.45) is 0 Å². The van der Waals surface area contributed by atoms with Crippen molar-refractivity contribution >= 4 is 15.9 Å². The summed E-state index contributed by atoms with van der Waals surface area (Å²) in [6.07, 6.45) is 1.72. The molecular weight excluding hydrogens is 285 g/mol. The van der Waals surface area contributed by atoms with Crippen LogP contribution in [0.5, 0.6) is 0 Å². The summed E-state index contributed by atoms with van der Waals surface area (Å²) >= 11 is 3.20. The summed E-state index contributed by atoms with van der Waals surface area (Å²) in [5.41, 5.74) is 1.69. The summed E-state index contributed by atoms with van der Waals surface area (Å²) in [5, 5.41) is 0. The first-order valence-corrected chi connectivity index (χ1v) is 5.97. The monoisotopic (exact) mass is 295 g/mol. The molecule has 0 unspecified atom stereocenters. The second kappa shape index (κ2) is 4.84. The van der Waals surface area contributed by atoms with E-state index >= 15 is 0 Å². The Morgan fingerprint density at radius 2 is 2.12 bits per heavy atom. The van der Waals surface area contributed by atoms with Crippen molar-refractivity contribution in [3.8, 4) is 0 Å². The van der Waals surface area contributed by atoms with Crippen molar-refractivity contribution in [2.45, 2.75) is 13.5 Å². The van der Waals surface area contributed by atoms with Crippen LogP contribution in [0.1, 0.15) is 11.1 Å². The number of halogens is 2. The molecule has 0 spiro atoms. The molecule has 0 N–H and O–H groups in total. The number of aryl methyl sites for hydroxylation is 1. The van der Waals surface area contributed by atoms with Crippen molar-refractivity contribution in [1.82, 2.24) is 4.57 Å². The van der Waals surface area contributed by atoms with E-state index in [2.05, 4.69) is 15.9 Å². The van der Waals surface area contributed by atoms with Crippen LogP contribution in [0.15, 0.2) is 45.8 Å². The topological polar surface area (TPSA) is 22.0 Å². The maximum absolute atomic E-state index is 13.0. The van der Waals surface area contributed by atoms with Crippen LogP contribution in [-0.4, -0.2) is 4.57 Å². The Hall–Kier alpha value is -1.42. The largest absolute Gasteiger partial charge is 0.310 e. The predicted octanol–water partition coefficient (Wildman–Crippen LogP) is 3.11. The second-order valence-corrected chi connectivity index (χ2v) is 4.71. The third-order valence-corrected chi connectivity index (χ3v) is 3.22. The molecule has 0 saturated heterocycles. The molecule has 2 aromatic rings. The lowest BCUT2D eigenvalue weighted by molar-refractivity contribution is 0.624. The Morgan fingerprint density at radius 1 is 1.35 bits per heavy atom. The highest BCUT2D eigenvalue weighted by Gasteiger charge is 2.04. The van der Waals surface area contributed by atoms with Gasteiger partial charge in [0.25, 0.3) is 5.56 Å². The normalized spacial score (nSPS) is 10.5. The van der Waals surface area contributed by atoms with Gasteiger partial charge in [0.2, 0.25) is 0 Å².